The average Bonchev–Trinajstić information content (AvgIpc) is 3.14. The van der Waals surface area contributed by atoms with Gasteiger partial charge >= 0.3 is 0 Å². The Morgan fingerprint density at radius 1 is 0.839 bits per heavy atom. The molecule has 0 unspecified atom stereocenters. The van der Waals surface area contributed by atoms with Crippen molar-refractivity contribution < 1.29 is 4.79 Å². The van der Waals surface area contributed by atoms with Crippen molar-refractivity contribution in [1.29, 1.82) is 0 Å². The third kappa shape index (κ3) is 2.70. The van der Waals surface area contributed by atoms with Crippen molar-refractivity contribution in [2.45, 2.75) is 25.2 Å². The van der Waals surface area contributed by atoms with Crippen LogP contribution >= 0.6 is 0 Å². The number of nitrogens with zero attached hydrogens (tertiary/aromatic N) is 1. The standard InChI is InChI=1S/C26H21N3O2/c30-21-15-7-14-20-23(21)22(19-13-6-9-16-8-4-5-12-18(16)19)24-25(27-20)28-29(26(24)31)17-10-2-1-3-11-17/h1-6,8-13,22,27-28H,7,14-15H2/t22-/m0/s1. The van der Waals surface area contributed by atoms with Crippen LogP contribution in [0, 0.1) is 0 Å². The number of ketones is 1. The minimum absolute atomic E-state index is 0.128. The fraction of sp³-hybridized carbons (Fsp3) is 0.154. The molecule has 3 aromatic carbocycles. The van der Waals surface area contributed by atoms with Crippen molar-refractivity contribution in [2.75, 3.05) is 5.32 Å². The van der Waals surface area contributed by atoms with Crippen LogP contribution in [0.4, 0.5) is 5.82 Å². The second kappa shape index (κ2) is 6.84. The minimum atomic E-state index is -0.390. The van der Waals surface area contributed by atoms with Crippen molar-refractivity contribution in [1.82, 2.24) is 9.78 Å². The predicted molar refractivity (Wildman–Crippen MR) is 122 cm³/mol. The fourth-order valence-electron chi connectivity index (χ4n) is 5.01. The maximum atomic E-state index is 13.7. The van der Waals surface area contributed by atoms with Gasteiger partial charge in [0.25, 0.3) is 5.56 Å². The number of carbonyl (C=O) groups excluding carboxylic acids is 1. The Balaban J connectivity index is 1.66. The van der Waals surface area contributed by atoms with Gasteiger partial charge in [0.15, 0.2) is 5.78 Å². The Bertz CT molecular complexity index is 1420. The van der Waals surface area contributed by atoms with Gasteiger partial charge in [0.1, 0.15) is 5.82 Å². The molecule has 0 saturated carbocycles. The van der Waals surface area contributed by atoms with Crippen molar-refractivity contribution in [2.24, 2.45) is 0 Å². The van der Waals surface area contributed by atoms with Gasteiger partial charge < -0.3 is 5.32 Å². The fourth-order valence-corrected chi connectivity index (χ4v) is 5.01. The Labute approximate surface area is 179 Å². The number of Topliss-reactive ketones (excluding diaryl/α,β-unsaturated/α-hetero) is 1. The zero-order valence-electron chi connectivity index (χ0n) is 16.9. The lowest BCUT2D eigenvalue weighted by molar-refractivity contribution is -0.116. The molecule has 5 heteroatoms. The molecule has 0 spiro atoms. The van der Waals surface area contributed by atoms with E-state index in [9.17, 15) is 9.59 Å². The van der Waals surface area contributed by atoms with Crippen molar-refractivity contribution in [3.05, 3.63) is 106 Å². The molecular weight excluding hydrogens is 386 g/mol. The lowest BCUT2D eigenvalue weighted by Gasteiger charge is -2.31. The number of hydrogen-bond acceptors (Lipinski definition) is 3. The molecule has 1 aliphatic carbocycles. The van der Waals surface area contributed by atoms with E-state index in [1.54, 1.807) is 4.68 Å². The Kier molecular flexibility index (Phi) is 3.96. The molecule has 1 aromatic heterocycles. The third-order valence-corrected chi connectivity index (χ3v) is 6.38. The number of aromatic amines is 1. The van der Waals surface area contributed by atoms with Gasteiger partial charge in [-0.05, 0) is 41.3 Å². The zero-order valence-corrected chi connectivity index (χ0v) is 16.9. The van der Waals surface area contributed by atoms with Gasteiger partial charge in [-0.3, -0.25) is 14.7 Å². The van der Waals surface area contributed by atoms with Gasteiger partial charge in [0.05, 0.1) is 11.3 Å². The molecule has 152 valence electrons. The van der Waals surface area contributed by atoms with E-state index in [-0.39, 0.29) is 17.3 Å². The molecule has 4 aromatic rings. The molecule has 0 saturated heterocycles. The van der Waals surface area contributed by atoms with Gasteiger partial charge in [-0.15, -0.1) is 0 Å². The topological polar surface area (TPSA) is 66.9 Å². The number of allylic oxidation sites excluding steroid dienone is 2. The highest BCUT2D eigenvalue weighted by molar-refractivity contribution is 6.02. The van der Waals surface area contributed by atoms with Gasteiger partial charge in [-0.25, -0.2) is 4.68 Å². The monoisotopic (exact) mass is 407 g/mol. The lowest BCUT2D eigenvalue weighted by Crippen LogP contribution is -2.30. The number of para-hydroxylation sites is 1. The van der Waals surface area contributed by atoms with Crippen LogP contribution in [0.2, 0.25) is 0 Å². The molecule has 0 bridgehead atoms. The largest absolute Gasteiger partial charge is 0.343 e. The maximum absolute atomic E-state index is 13.7. The molecule has 0 fully saturated rings. The molecule has 1 aliphatic heterocycles. The molecule has 2 N–H and O–H groups in total. The van der Waals surface area contributed by atoms with Gasteiger partial charge in [0, 0.05) is 23.6 Å². The summed E-state index contributed by atoms with van der Waals surface area (Å²) in [6.45, 7) is 0. The number of fused-ring (bicyclic) bond motifs is 2. The lowest BCUT2D eigenvalue weighted by atomic mass is 9.75. The maximum Gasteiger partial charge on any atom is 0.277 e. The third-order valence-electron chi connectivity index (χ3n) is 6.38. The molecule has 2 heterocycles. The van der Waals surface area contributed by atoms with Gasteiger partial charge in [-0.2, -0.15) is 0 Å². The number of benzene rings is 3. The minimum Gasteiger partial charge on any atom is -0.343 e. The Hall–Kier alpha value is -3.86. The Morgan fingerprint density at radius 2 is 1.61 bits per heavy atom. The molecule has 6 rings (SSSR count). The van der Waals surface area contributed by atoms with E-state index < -0.39 is 0 Å². The smallest absolute Gasteiger partial charge is 0.277 e. The summed E-state index contributed by atoms with van der Waals surface area (Å²) in [5, 5.41) is 8.82. The van der Waals surface area contributed by atoms with Crippen LogP contribution in [0.15, 0.2) is 88.9 Å². The summed E-state index contributed by atoms with van der Waals surface area (Å²) in [5.74, 6) is 0.420. The van der Waals surface area contributed by atoms with Crippen molar-refractivity contribution in [3.8, 4) is 5.69 Å². The van der Waals surface area contributed by atoms with Crippen LogP contribution in [0.3, 0.4) is 0 Å². The first-order chi connectivity index (χ1) is 15.2. The molecular formula is C26H21N3O2. The predicted octanol–water partition coefficient (Wildman–Crippen LogP) is 4.88. The molecule has 5 nitrogen and oxygen atoms in total. The molecule has 0 amide bonds. The van der Waals surface area contributed by atoms with Crippen LogP contribution < -0.4 is 10.9 Å². The highest BCUT2D eigenvalue weighted by Gasteiger charge is 2.39. The molecule has 1 atom stereocenters. The first kappa shape index (κ1) is 18.0. The molecule has 0 radical (unpaired) electrons. The molecule has 2 aliphatic rings. The summed E-state index contributed by atoms with van der Waals surface area (Å²) < 4.78 is 1.57. The van der Waals surface area contributed by atoms with Gasteiger partial charge in [-0.1, -0.05) is 60.7 Å². The van der Waals surface area contributed by atoms with Crippen molar-refractivity contribution in [3.63, 3.8) is 0 Å². The normalized spacial score (nSPS) is 17.9. The summed E-state index contributed by atoms with van der Waals surface area (Å²) in [7, 11) is 0. The SMILES string of the molecule is O=C1CCCC2=C1[C@H](c1cccc3ccccc13)c1c([nH]n(-c3ccccc3)c1=O)N2. The van der Waals surface area contributed by atoms with E-state index in [0.29, 0.717) is 17.8 Å². The summed E-state index contributed by atoms with van der Waals surface area (Å²) in [6.07, 6.45) is 2.15. The highest BCUT2D eigenvalue weighted by Crippen LogP contribution is 2.45. The van der Waals surface area contributed by atoms with Gasteiger partial charge in [0.2, 0.25) is 0 Å². The number of hydrogen-bond donors (Lipinski definition) is 2. The quantitative estimate of drug-likeness (QED) is 0.498. The van der Waals surface area contributed by atoms with E-state index in [2.05, 4.69) is 28.6 Å². The number of carbonyl (C=O) groups is 1. The van der Waals surface area contributed by atoms with Crippen LogP contribution in [0.1, 0.15) is 36.3 Å². The number of nitrogens with one attached hydrogen (secondary N) is 2. The molecule has 31 heavy (non-hydrogen) atoms. The number of aromatic nitrogens is 2. The average molecular weight is 407 g/mol. The summed E-state index contributed by atoms with van der Waals surface area (Å²) in [4.78, 5) is 26.8. The first-order valence-electron chi connectivity index (χ1n) is 10.6. The Morgan fingerprint density at radius 3 is 2.48 bits per heavy atom. The van der Waals surface area contributed by atoms with Crippen LogP contribution in [-0.2, 0) is 4.79 Å². The van der Waals surface area contributed by atoms with E-state index >= 15 is 0 Å². The number of H-pyrrole nitrogens is 1. The number of rotatable bonds is 2. The second-order valence-electron chi connectivity index (χ2n) is 8.17. The number of anilines is 1. The van der Waals surface area contributed by atoms with E-state index in [0.717, 1.165) is 46.1 Å². The zero-order chi connectivity index (χ0) is 20.9. The first-order valence-corrected chi connectivity index (χ1v) is 10.6. The van der Waals surface area contributed by atoms with E-state index in [1.807, 2.05) is 54.6 Å². The van der Waals surface area contributed by atoms with E-state index in [1.165, 1.54) is 0 Å². The summed E-state index contributed by atoms with van der Waals surface area (Å²) >= 11 is 0. The van der Waals surface area contributed by atoms with E-state index in [4.69, 9.17) is 0 Å². The summed E-state index contributed by atoms with van der Waals surface area (Å²) in [6, 6.07) is 23.8. The van der Waals surface area contributed by atoms with Crippen LogP contribution in [0.25, 0.3) is 16.5 Å². The van der Waals surface area contributed by atoms with Crippen molar-refractivity contribution >= 4 is 22.4 Å². The highest BCUT2D eigenvalue weighted by atomic mass is 16.1. The summed E-state index contributed by atoms with van der Waals surface area (Å²) in [5.41, 5.74) is 3.92. The van der Waals surface area contributed by atoms with Crippen LogP contribution in [-0.4, -0.2) is 15.6 Å². The van der Waals surface area contributed by atoms with Crippen LogP contribution in [0.5, 0.6) is 0 Å². The second-order valence-corrected chi connectivity index (χ2v) is 8.17.